The Bertz CT molecular complexity index is 608. The van der Waals surface area contributed by atoms with Gasteiger partial charge in [0, 0.05) is 24.4 Å². The molecule has 1 saturated carbocycles. The van der Waals surface area contributed by atoms with Gasteiger partial charge in [-0.3, -0.25) is 0 Å². The molecule has 0 aliphatic heterocycles. The minimum absolute atomic E-state index is 0.571. The summed E-state index contributed by atoms with van der Waals surface area (Å²) < 4.78 is 7.72. The quantitative estimate of drug-likeness (QED) is 0.790. The molecule has 1 aromatic heterocycles. The number of ether oxygens (including phenoxy) is 1. The summed E-state index contributed by atoms with van der Waals surface area (Å²) in [7, 11) is 1.69. The molecule has 0 amide bonds. The Morgan fingerprint density at radius 3 is 2.90 bits per heavy atom. The van der Waals surface area contributed by atoms with Crippen LogP contribution in [0.5, 0.6) is 5.75 Å². The van der Waals surface area contributed by atoms with Crippen LogP contribution < -0.4 is 4.74 Å². The van der Waals surface area contributed by atoms with E-state index in [1.807, 2.05) is 12.1 Å². The second-order valence-electron chi connectivity index (χ2n) is 5.76. The summed E-state index contributed by atoms with van der Waals surface area (Å²) in [5, 5.41) is 0. The standard InChI is InChI=1S/C16H21ClN2O/c1-11-3-4-12(9-11)19-15-6-5-13(20-2)10-14(15)18-16(19)7-8-17/h5-6,10-12H,3-4,7-9H2,1-2H3. The zero-order valence-corrected chi connectivity index (χ0v) is 12.9. The maximum absolute atomic E-state index is 5.95. The van der Waals surface area contributed by atoms with Crippen LogP contribution >= 0.6 is 11.6 Å². The molecule has 0 N–H and O–H groups in total. The highest BCUT2D eigenvalue weighted by Gasteiger charge is 2.26. The molecule has 1 aliphatic carbocycles. The normalized spacial score (nSPS) is 22.6. The van der Waals surface area contributed by atoms with Gasteiger partial charge in [-0.1, -0.05) is 6.92 Å². The Balaban J connectivity index is 2.09. The molecule has 0 radical (unpaired) electrons. The molecule has 3 rings (SSSR count). The summed E-state index contributed by atoms with van der Waals surface area (Å²) in [6, 6.07) is 6.73. The minimum atomic E-state index is 0.571. The van der Waals surface area contributed by atoms with Crippen molar-refractivity contribution >= 4 is 22.6 Å². The minimum Gasteiger partial charge on any atom is -0.497 e. The van der Waals surface area contributed by atoms with Crippen LogP contribution in [0, 0.1) is 5.92 Å². The Hall–Kier alpha value is -1.22. The SMILES string of the molecule is COc1ccc2c(c1)nc(CCCl)n2C1CCC(C)C1. The van der Waals surface area contributed by atoms with Crippen LogP contribution in [-0.4, -0.2) is 22.5 Å². The smallest absolute Gasteiger partial charge is 0.121 e. The number of nitrogens with zero attached hydrogens (tertiary/aromatic N) is 2. The highest BCUT2D eigenvalue weighted by Crippen LogP contribution is 2.37. The summed E-state index contributed by atoms with van der Waals surface area (Å²) in [5.74, 6) is 3.39. The topological polar surface area (TPSA) is 27.1 Å². The van der Waals surface area contributed by atoms with Crippen molar-refractivity contribution in [3.63, 3.8) is 0 Å². The lowest BCUT2D eigenvalue weighted by Crippen LogP contribution is -2.10. The zero-order chi connectivity index (χ0) is 14.1. The summed E-state index contributed by atoms with van der Waals surface area (Å²) in [6.45, 7) is 2.34. The first-order valence-corrected chi connectivity index (χ1v) is 7.87. The molecule has 1 fully saturated rings. The van der Waals surface area contributed by atoms with Crippen molar-refractivity contribution in [2.45, 2.75) is 38.6 Å². The largest absolute Gasteiger partial charge is 0.497 e. The van der Waals surface area contributed by atoms with Crippen LogP contribution in [0.15, 0.2) is 18.2 Å². The van der Waals surface area contributed by atoms with Crippen LogP contribution in [0.1, 0.15) is 38.1 Å². The Kier molecular flexibility index (Phi) is 3.88. The molecular weight excluding hydrogens is 272 g/mol. The highest BCUT2D eigenvalue weighted by atomic mass is 35.5. The van der Waals surface area contributed by atoms with Crippen molar-refractivity contribution in [1.29, 1.82) is 0 Å². The van der Waals surface area contributed by atoms with Crippen molar-refractivity contribution < 1.29 is 4.74 Å². The zero-order valence-electron chi connectivity index (χ0n) is 12.1. The third-order valence-corrected chi connectivity index (χ3v) is 4.51. The van der Waals surface area contributed by atoms with Gasteiger partial charge in [0.15, 0.2) is 0 Å². The van der Waals surface area contributed by atoms with Gasteiger partial charge in [-0.25, -0.2) is 4.98 Å². The van der Waals surface area contributed by atoms with Crippen molar-refractivity contribution in [3.05, 3.63) is 24.0 Å². The van der Waals surface area contributed by atoms with Crippen LogP contribution in [0.2, 0.25) is 0 Å². The van der Waals surface area contributed by atoms with Gasteiger partial charge >= 0.3 is 0 Å². The lowest BCUT2D eigenvalue weighted by atomic mass is 10.1. The van der Waals surface area contributed by atoms with E-state index in [0.29, 0.717) is 11.9 Å². The van der Waals surface area contributed by atoms with Gasteiger partial charge in [-0.2, -0.15) is 0 Å². The Labute approximate surface area is 124 Å². The summed E-state index contributed by atoms with van der Waals surface area (Å²) in [5.41, 5.74) is 2.23. The number of aryl methyl sites for hydroxylation is 1. The number of alkyl halides is 1. The molecule has 0 bridgehead atoms. The van der Waals surface area contributed by atoms with Gasteiger partial charge in [0.05, 0.1) is 18.1 Å². The molecule has 1 aromatic carbocycles. The molecule has 2 aromatic rings. The molecule has 108 valence electrons. The molecule has 1 heterocycles. The number of fused-ring (bicyclic) bond motifs is 1. The fourth-order valence-corrected chi connectivity index (χ4v) is 3.50. The number of methoxy groups -OCH3 is 1. The number of hydrogen-bond acceptors (Lipinski definition) is 2. The van der Waals surface area contributed by atoms with E-state index in [1.165, 1.54) is 24.8 Å². The first-order chi connectivity index (χ1) is 9.72. The predicted molar refractivity (Wildman–Crippen MR) is 82.8 cm³/mol. The van der Waals surface area contributed by atoms with E-state index in [1.54, 1.807) is 7.11 Å². The van der Waals surface area contributed by atoms with Crippen molar-refractivity contribution in [2.75, 3.05) is 13.0 Å². The number of imidazole rings is 1. The number of rotatable bonds is 4. The van der Waals surface area contributed by atoms with Crippen LogP contribution in [0.25, 0.3) is 11.0 Å². The van der Waals surface area contributed by atoms with Gasteiger partial charge in [0.1, 0.15) is 11.6 Å². The Morgan fingerprint density at radius 1 is 1.40 bits per heavy atom. The fourth-order valence-electron chi connectivity index (χ4n) is 3.34. The number of halogens is 1. The Morgan fingerprint density at radius 2 is 2.25 bits per heavy atom. The molecule has 4 heteroatoms. The summed E-state index contributed by atoms with van der Waals surface area (Å²) in [4.78, 5) is 4.78. The monoisotopic (exact) mass is 292 g/mol. The second-order valence-corrected chi connectivity index (χ2v) is 6.14. The fraction of sp³-hybridized carbons (Fsp3) is 0.562. The van der Waals surface area contributed by atoms with E-state index >= 15 is 0 Å². The van der Waals surface area contributed by atoms with E-state index in [-0.39, 0.29) is 0 Å². The van der Waals surface area contributed by atoms with Gasteiger partial charge in [0.2, 0.25) is 0 Å². The van der Waals surface area contributed by atoms with E-state index in [2.05, 4.69) is 17.6 Å². The summed E-state index contributed by atoms with van der Waals surface area (Å²) >= 11 is 5.95. The van der Waals surface area contributed by atoms with E-state index in [4.69, 9.17) is 21.3 Å². The average molecular weight is 293 g/mol. The maximum Gasteiger partial charge on any atom is 0.121 e. The van der Waals surface area contributed by atoms with Crippen molar-refractivity contribution in [2.24, 2.45) is 5.92 Å². The lowest BCUT2D eigenvalue weighted by Gasteiger charge is -2.16. The van der Waals surface area contributed by atoms with E-state index in [9.17, 15) is 0 Å². The third kappa shape index (κ3) is 2.39. The van der Waals surface area contributed by atoms with E-state index in [0.717, 1.165) is 29.4 Å². The van der Waals surface area contributed by atoms with Gasteiger partial charge in [-0.05, 0) is 37.3 Å². The first-order valence-electron chi connectivity index (χ1n) is 7.33. The average Bonchev–Trinajstić information content (AvgIpc) is 3.01. The molecule has 0 saturated heterocycles. The van der Waals surface area contributed by atoms with Gasteiger partial charge in [0.25, 0.3) is 0 Å². The van der Waals surface area contributed by atoms with Crippen LogP contribution in [0.3, 0.4) is 0 Å². The first kappa shape index (κ1) is 13.7. The van der Waals surface area contributed by atoms with Crippen molar-refractivity contribution in [1.82, 2.24) is 9.55 Å². The molecule has 20 heavy (non-hydrogen) atoms. The third-order valence-electron chi connectivity index (χ3n) is 4.32. The number of benzene rings is 1. The van der Waals surface area contributed by atoms with Crippen LogP contribution in [-0.2, 0) is 6.42 Å². The highest BCUT2D eigenvalue weighted by molar-refractivity contribution is 6.17. The molecular formula is C16H21ClN2O. The molecule has 2 atom stereocenters. The molecule has 2 unspecified atom stereocenters. The number of hydrogen-bond donors (Lipinski definition) is 0. The number of aromatic nitrogens is 2. The predicted octanol–water partition coefficient (Wildman–Crippen LogP) is 4.19. The lowest BCUT2D eigenvalue weighted by molar-refractivity contribution is 0.415. The maximum atomic E-state index is 5.95. The second kappa shape index (κ2) is 5.65. The summed E-state index contributed by atoms with van der Waals surface area (Å²) in [6.07, 6.45) is 4.62. The van der Waals surface area contributed by atoms with Gasteiger partial charge in [-0.15, -0.1) is 11.6 Å². The van der Waals surface area contributed by atoms with Gasteiger partial charge < -0.3 is 9.30 Å². The molecule has 3 nitrogen and oxygen atoms in total. The van der Waals surface area contributed by atoms with E-state index < -0.39 is 0 Å². The van der Waals surface area contributed by atoms with Crippen LogP contribution in [0.4, 0.5) is 0 Å². The van der Waals surface area contributed by atoms with Crippen molar-refractivity contribution in [3.8, 4) is 5.75 Å². The molecule has 1 aliphatic rings. The molecule has 0 spiro atoms.